The first-order valence-corrected chi connectivity index (χ1v) is 11.1. The summed E-state index contributed by atoms with van der Waals surface area (Å²) in [5.74, 6) is -0.222. The lowest BCUT2D eigenvalue weighted by Crippen LogP contribution is -2.34. The molecule has 0 spiro atoms. The molecule has 1 aliphatic heterocycles. The van der Waals surface area contributed by atoms with Crippen molar-refractivity contribution in [2.75, 3.05) is 37.1 Å². The van der Waals surface area contributed by atoms with Crippen LogP contribution in [-0.2, 0) is 14.6 Å². The van der Waals surface area contributed by atoms with Crippen LogP contribution in [0.4, 0.5) is 11.4 Å². The topological polar surface area (TPSA) is 118 Å². The van der Waals surface area contributed by atoms with E-state index in [-0.39, 0.29) is 27.5 Å². The Hall–Kier alpha value is -2.99. The van der Waals surface area contributed by atoms with Crippen molar-refractivity contribution in [1.29, 1.82) is 5.26 Å². The molecule has 0 amide bonds. The lowest BCUT2D eigenvalue weighted by atomic mass is 10.00. The van der Waals surface area contributed by atoms with Crippen molar-refractivity contribution in [3.8, 4) is 11.8 Å². The maximum absolute atomic E-state index is 12.4. The van der Waals surface area contributed by atoms with Crippen molar-refractivity contribution < 1.29 is 17.9 Å². The number of ether oxygens (including phenoxy) is 1. The zero-order valence-electron chi connectivity index (χ0n) is 16.7. The number of nitrogens with zero attached hydrogens (tertiary/aromatic N) is 3. The Balaban J connectivity index is 2.26. The van der Waals surface area contributed by atoms with Gasteiger partial charge in [-0.15, -0.1) is 0 Å². The van der Waals surface area contributed by atoms with Gasteiger partial charge in [0, 0.05) is 31.2 Å². The molecule has 1 aromatic carbocycles. The Bertz CT molecular complexity index is 1100. The molecule has 3 rings (SSSR count). The molecule has 1 aliphatic rings. The standard InChI is InChI=1S/C20H24N4O4S/c1-13-5-4-8-23(11-13)15-6-7-17(29(3,26)27)16(9-15)24-12-14(10-21)18(22)19(24)20(25)28-2/h6-7,9,12-13H,4-5,8,11,22H2,1-3H3. The molecule has 0 radical (unpaired) electrons. The number of methoxy groups -OCH3 is 1. The summed E-state index contributed by atoms with van der Waals surface area (Å²) in [5.41, 5.74) is 7.05. The van der Waals surface area contributed by atoms with Crippen LogP contribution in [0.1, 0.15) is 35.8 Å². The number of hydrogen-bond acceptors (Lipinski definition) is 7. The van der Waals surface area contributed by atoms with Gasteiger partial charge in [-0.1, -0.05) is 6.92 Å². The summed E-state index contributed by atoms with van der Waals surface area (Å²) in [4.78, 5) is 14.6. The number of nitrogens with two attached hydrogens (primary N) is 1. The molecule has 2 aromatic rings. The van der Waals surface area contributed by atoms with Crippen LogP contribution in [0.2, 0.25) is 0 Å². The molecule has 154 valence electrons. The highest BCUT2D eigenvalue weighted by Gasteiger charge is 2.26. The van der Waals surface area contributed by atoms with E-state index in [1.54, 1.807) is 12.1 Å². The molecule has 8 nitrogen and oxygen atoms in total. The average molecular weight is 417 g/mol. The van der Waals surface area contributed by atoms with E-state index in [0.29, 0.717) is 5.92 Å². The molecule has 1 unspecified atom stereocenters. The SMILES string of the molecule is COC(=O)c1c(N)c(C#N)cn1-c1cc(N2CCCC(C)C2)ccc1S(C)(=O)=O. The third-order valence-corrected chi connectivity index (χ3v) is 6.31. The summed E-state index contributed by atoms with van der Waals surface area (Å²) >= 11 is 0. The van der Waals surface area contributed by atoms with Crippen molar-refractivity contribution in [2.45, 2.75) is 24.7 Å². The zero-order valence-corrected chi connectivity index (χ0v) is 17.5. The normalized spacial score (nSPS) is 17.0. The van der Waals surface area contributed by atoms with Gasteiger partial charge in [-0.05, 0) is 37.0 Å². The van der Waals surface area contributed by atoms with Gasteiger partial charge in [-0.25, -0.2) is 13.2 Å². The number of piperidine rings is 1. The lowest BCUT2D eigenvalue weighted by Gasteiger charge is -2.33. The molecule has 1 atom stereocenters. The first-order valence-electron chi connectivity index (χ1n) is 9.26. The van der Waals surface area contributed by atoms with E-state index in [2.05, 4.69) is 11.8 Å². The van der Waals surface area contributed by atoms with Crippen molar-refractivity contribution in [3.63, 3.8) is 0 Å². The molecule has 0 saturated carbocycles. The minimum Gasteiger partial charge on any atom is -0.464 e. The number of rotatable bonds is 4. The van der Waals surface area contributed by atoms with E-state index in [1.807, 2.05) is 6.07 Å². The predicted octanol–water partition coefficient (Wildman–Crippen LogP) is 2.36. The second-order valence-electron chi connectivity index (χ2n) is 7.40. The Kier molecular flexibility index (Phi) is 5.57. The Morgan fingerprint density at radius 1 is 1.38 bits per heavy atom. The van der Waals surface area contributed by atoms with Gasteiger partial charge in [0.15, 0.2) is 15.5 Å². The number of sulfone groups is 1. The largest absolute Gasteiger partial charge is 0.464 e. The molecule has 1 aromatic heterocycles. The molecule has 2 heterocycles. The summed E-state index contributed by atoms with van der Waals surface area (Å²) in [7, 11) is -2.41. The minimum atomic E-state index is -3.61. The van der Waals surface area contributed by atoms with Crippen LogP contribution in [0.25, 0.3) is 5.69 Å². The number of anilines is 2. The number of hydrogen-bond donors (Lipinski definition) is 1. The fourth-order valence-electron chi connectivity index (χ4n) is 3.73. The molecule has 1 saturated heterocycles. The summed E-state index contributed by atoms with van der Waals surface area (Å²) in [6.45, 7) is 3.90. The van der Waals surface area contributed by atoms with Gasteiger partial charge in [0.1, 0.15) is 6.07 Å². The summed E-state index contributed by atoms with van der Waals surface area (Å²) in [5, 5.41) is 9.35. The predicted molar refractivity (Wildman–Crippen MR) is 110 cm³/mol. The van der Waals surface area contributed by atoms with E-state index in [4.69, 9.17) is 10.5 Å². The van der Waals surface area contributed by atoms with Crippen LogP contribution in [-0.4, -0.2) is 45.4 Å². The van der Waals surface area contributed by atoms with E-state index in [0.717, 1.165) is 37.9 Å². The first kappa shape index (κ1) is 20.7. The third kappa shape index (κ3) is 3.93. The zero-order chi connectivity index (χ0) is 21.3. The molecule has 0 bridgehead atoms. The summed E-state index contributed by atoms with van der Waals surface area (Å²) in [6.07, 6.45) is 4.67. The number of esters is 1. The van der Waals surface area contributed by atoms with E-state index in [9.17, 15) is 18.5 Å². The second kappa shape index (κ2) is 7.79. The number of benzene rings is 1. The molecule has 29 heavy (non-hydrogen) atoms. The number of aromatic nitrogens is 1. The Morgan fingerprint density at radius 2 is 2.10 bits per heavy atom. The van der Waals surface area contributed by atoms with Gasteiger partial charge in [0.2, 0.25) is 0 Å². The van der Waals surface area contributed by atoms with Gasteiger partial charge < -0.3 is 19.9 Å². The van der Waals surface area contributed by atoms with Gasteiger partial charge in [-0.3, -0.25) is 0 Å². The van der Waals surface area contributed by atoms with E-state index in [1.165, 1.54) is 23.9 Å². The lowest BCUT2D eigenvalue weighted by molar-refractivity contribution is 0.0593. The van der Waals surface area contributed by atoms with Gasteiger partial charge in [0.25, 0.3) is 0 Å². The van der Waals surface area contributed by atoms with Crippen LogP contribution >= 0.6 is 0 Å². The molecular formula is C20H24N4O4S. The van der Waals surface area contributed by atoms with Crippen molar-refractivity contribution in [1.82, 2.24) is 4.57 Å². The van der Waals surface area contributed by atoms with Crippen LogP contribution in [0.15, 0.2) is 29.3 Å². The summed E-state index contributed by atoms with van der Waals surface area (Å²) in [6, 6.07) is 6.96. The quantitative estimate of drug-likeness (QED) is 0.760. The molecular weight excluding hydrogens is 392 g/mol. The van der Waals surface area contributed by atoms with Crippen molar-refractivity contribution >= 4 is 27.2 Å². The van der Waals surface area contributed by atoms with Crippen LogP contribution in [0.3, 0.4) is 0 Å². The molecule has 0 aliphatic carbocycles. The monoisotopic (exact) mass is 416 g/mol. The maximum atomic E-state index is 12.4. The van der Waals surface area contributed by atoms with Gasteiger partial charge in [0.05, 0.1) is 28.9 Å². The fraction of sp³-hybridized carbons (Fsp3) is 0.400. The molecule has 2 N–H and O–H groups in total. The highest BCUT2D eigenvalue weighted by molar-refractivity contribution is 7.90. The van der Waals surface area contributed by atoms with Gasteiger partial charge in [-0.2, -0.15) is 5.26 Å². The number of carbonyl (C=O) groups is 1. The second-order valence-corrected chi connectivity index (χ2v) is 9.38. The van der Waals surface area contributed by atoms with Gasteiger partial charge >= 0.3 is 5.97 Å². The van der Waals surface area contributed by atoms with E-state index < -0.39 is 15.8 Å². The van der Waals surface area contributed by atoms with Crippen LogP contribution in [0.5, 0.6) is 0 Å². The average Bonchev–Trinajstić information content (AvgIpc) is 3.02. The Labute approximate surface area is 170 Å². The summed E-state index contributed by atoms with van der Waals surface area (Å²) < 4.78 is 31.0. The van der Waals surface area contributed by atoms with Crippen molar-refractivity contribution in [2.24, 2.45) is 5.92 Å². The minimum absolute atomic E-state index is 0.0379. The number of nitrogen functional groups attached to an aromatic ring is 1. The fourth-order valence-corrected chi connectivity index (χ4v) is 4.59. The molecule has 9 heteroatoms. The van der Waals surface area contributed by atoms with Crippen LogP contribution < -0.4 is 10.6 Å². The maximum Gasteiger partial charge on any atom is 0.357 e. The molecule has 1 fully saturated rings. The number of carbonyl (C=O) groups excluding carboxylic acids is 1. The Morgan fingerprint density at radius 3 is 2.69 bits per heavy atom. The highest BCUT2D eigenvalue weighted by Crippen LogP contribution is 2.32. The smallest absolute Gasteiger partial charge is 0.357 e. The highest BCUT2D eigenvalue weighted by atomic mass is 32.2. The van der Waals surface area contributed by atoms with E-state index >= 15 is 0 Å². The number of nitriles is 1. The third-order valence-electron chi connectivity index (χ3n) is 5.17. The van der Waals surface area contributed by atoms with Crippen LogP contribution in [0, 0.1) is 17.2 Å². The van der Waals surface area contributed by atoms with Crippen molar-refractivity contribution in [3.05, 3.63) is 35.7 Å². The first-order chi connectivity index (χ1) is 13.7.